The molecule has 20 heavy (non-hydrogen) atoms. The van der Waals surface area contributed by atoms with Gasteiger partial charge in [-0.15, -0.1) is 0 Å². The number of benzene rings is 2. The molecule has 0 amide bonds. The molecular weight excluding hydrogens is 263 g/mol. The van der Waals surface area contributed by atoms with Crippen LogP contribution in [0.2, 0.25) is 0 Å². The first-order valence-corrected chi connectivity index (χ1v) is 5.93. The van der Waals surface area contributed by atoms with E-state index in [1.807, 2.05) is 0 Å². The summed E-state index contributed by atoms with van der Waals surface area (Å²) in [5.74, 6) is -0.477. The van der Waals surface area contributed by atoms with Crippen molar-refractivity contribution in [1.29, 1.82) is 0 Å². The molecule has 0 aromatic heterocycles. The Labute approximate surface area is 114 Å². The maximum atomic E-state index is 13.1. The maximum absolute atomic E-state index is 13.1. The number of phenols is 1. The Bertz CT molecular complexity index is 659. The van der Waals surface area contributed by atoms with E-state index in [2.05, 4.69) is 5.32 Å². The van der Waals surface area contributed by atoms with Crippen LogP contribution < -0.4 is 5.32 Å². The number of nitro groups is 1. The third-order valence-corrected chi connectivity index (χ3v) is 2.93. The van der Waals surface area contributed by atoms with Crippen molar-refractivity contribution >= 4 is 11.4 Å². The van der Waals surface area contributed by atoms with Gasteiger partial charge in [0.2, 0.25) is 0 Å². The number of nitro benzene ring substituents is 1. The summed E-state index contributed by atoms with van der Waals surface area (Å²) in [5, 5.41) is 23.3. The van der Waals surface area contributed by atoms with E-state index >= 15 is 0 Å². The summed E-state index contributed by atoms with van der Waals surface area (Å²) < 4.78 is 13.1. The van der Waals surface area contributed by atoms with Crippen LogP contribution >= 0.6 is 0 Å². The fourth-order valence-electron chi connectivity index (χ4n) is 1.81. The van der Waals surface area contributed by atoms with E-state index in [-0.39, 0.29) is 18.0 Å². The van der Waals surface area contributed by atoms with Gasteiger partial charge >= 0.3 is 0 Å². The number of phenolic OH excluding ortho intramolecular Hbond substituents is 1. The van der Waals surface area contributed by atoms with Gasteiger partial charge < -0.3 is 10.4 Å². The van der Waals surface area contributed by atoms with Gasteiger partial charge in [-0.05, 0) is 31.2 Å². The molecule has 2 aromatic carbocycles. The van der Waals surface area contributed by atoms with Gasteiger partial charge in [0.15, 0.2) is 0 Å². The highest BCUT2D eigenvalue weighted by molar-refractivity contribution is 5.55. The molecule has 0 fully saturated rings. The normalized spacial score (nSPS) is 10.3. The molecule has 0 aliphatic heterocycles. The molecule has 0 bridgehead atoms. The van der Waals surface area contributed by atoms with Crippen molar-refractivity contribution in [2.45, 2.75) is 13.5 Å². The molecule has 6 heteroatoms. The highest BCUT2D eigenvalue weighted by atomic mass is 19.1. The molecule has 2 rings (SSSR count). The van der Waals surface area contributed by atoms with Crippen molar-refractivity contribution < 1.29 is 14.4 Å². The van der Waals surface area contributed by atoms with Crippen molar-refractivity contribution in [3.8, 4) is 5.75 Å². The van der Waals surface area contributed by atoms with E-state index in [0.717, 1.165) is 6.07 Å². The Morgan fingerprint density at radius 3 is 2.75 bits per heavy atom. The van der Waals surface area contributed by atoms with E-state index in [9.17, 15) is 19.6 Å². The number of rotatable bonds is 4. The first-order valence-electron chi connectivity index (χ1n) is 5.93. The maximum Gasteiger partial charge on any atom is 0.274 e. The SMILES string of the molecule is Cc1ccc(NCc2cc(F)ccc2O)cc1[N+](=O)[O-]. The average molecular weight is 276 g/mol. The second kappa shape index (κ2) is 5.56. The molecule has 104 valence electrons. The molecule has 0 heterocycles. The van der Waals surface area contributed by atoms with E-state index in [1.165, 1.54) is 18.2 Å². The molecule has 0 atom stereocenters. The summed E-state index contributed by atoms with van der Waals surface area (Å²) in [7, 11) is 0. The third-order valence-electron chi connectivity index (χ3n) is 2.93. The van der Waals surface area contributed by atoms with Crippen molar-refractivity contribution in [2.24, 2.45) is 0 Å². The summed E-state index contributed by atoms with van der Waals surface area (Å²) in [6, 6.07) is 8.38. The van der Waals surface area contributed by atoms with Crippen LogP contribution in [-0.2, 0) is 6.54 Å². The van der Waals surface area contributed by atoms with Gasteiger partial charge in [-0.2, -0.15) is 0 Å². The van der Waals surface area contributed by atoms with Crippen molar-refractivity contribution in [3.63, 3.8) is 0 Å². The summed E-state index contributed by atoms with van der Waals surface area (Å²) in [4.78, 5) is 10.4. The lowest BCUT2D eigenvalue weighted by molar-refractivity contribution is -0.385. The van der Waals surface area contributed by atoms with Crippen LogP contribution in [0.5, 0.6) is 5.75 Å². The predicted molar refractivity (Wildman–Crippen MR) is 73.2 cm³/mol. The van der Waals surface area contributed by atoms with Crippen LogP contribution in [0.25, 0.3) is 0 Å². The van der Waals surface area contributed by atoms with E-state index < -0.39 is 10.7 Å². The minimum absolute atomic E-state index is 0.0125. The summed E-state index contributed by atoms with van der Waals surface area (Å²) in [5.41, 5.74) is 1.49. The second-order valence-corrected chi connectivity index (χ2v) is 4.38. The van der Waals surface area contributed by atoms with Crippen LogP contribution in [0, 0.1) is 22.9 Å². The van der Waals surface area contributed by atoms with Gasteiger partial charge in [0.1, 0.15) is 11.6 Å². The first-order chi connectivity index (χ1) is 9.47. The molecule has 0 spiro atoms. The van der Waals surface area contributed by atoms with E-state index in [4.69, 9.17) is 0 Å². The van der Waals surface area contributed by atoms with Crippen LogP contribution in [0.4, 0.5) is 15.8 Å². The predicted octanol–water partition coefficient (Wildman–Crippen LogP) is 3.36. The van der Waals surface area contributed by atoms with Crippen molar-refractivity contribution in [2.75, 3.05) is 5.32 Å². The topological polar surface area (TPSA) is 75.4 Å². The molecule has 0 saturated carbocycles. The van der Waals surface area contributed by atoms with Crippen LogP contribution in [0.15, 0.2) is 36.4 Å². The van der Waals surface area contributed by atoms with Crippen molar-refractivity contribution in [3.05, 3.63) is 63.5 Å². The largest absolute Gasteiger partial charge is 0.508 e. The summed E-state index contributed by atoms with van der Waals surface area (Å²) in [6.07, 6.45) is 0. The van der Waals surface area contributed by atoms with Gasteiger partial charge in [-0.25, -0.2) is 4.39 Å². The van der Waals surface area contributed by atoms with E-state index in [0.29, 0.717) is 16.8 Å². The van der Waals surface area contributed by atoms with Gasteiger partial charge in [0.25, 0.3) is 5.69 Å². The molecule has 0 radical (unpaired) electrons. The molecule has 2 aromatic rings. The van der Waals surface area contributed by atoms with Gasteiger partial charge in [-0.3, -0.25) is 10.1 Å². The number of nitrogens with zero attached hydrogens (tertiary/aromatic N) is 1. The zero-order valence-corrected chi connectivity index (χ0v) is 10.8. The number of hydrogen-bond donors (Lipinski definition) is 2. The van der Waals surface area contributed by atoms with Gasteiger partial charge in [-0.1, -0.05) is 6.07 Å². The molecule has 2 N–H and O–H groups in total. The quantitative estimate of drug-likeness (QED) is 0.663. The first kappa shape index (κ1) is 13.8. The Kier molecular flexibility index (Phi) is 3.84. The Hall–Kier alpha value is -2.63. The van der Waals surface area contributed by atoms with Crippen LogP contribution in [-0.4, -0.2) is 10.0 Å². The third kappa shape index (κ3) is 3.03. The highest BCUT2D eigenvalue weighted by Gasteiger charge is 2.11. The minimum atomic E-state index is -0.458. The molecule has 0 aliphatic rings. The zero-order chi connectivity index (χ0) is 14.7. The van der Waals surface area contributed by atoms with Gasteiger partial charge in [0.05, 0.1) is 4.92 Å². The lowest BCUT2D eigenvalue weighted by Crippen LogP contribution is -2.01. The zero-order valence-electron chi connectivity index (χ0n) is 10.8. The highest BCUT2D eigenvalue weighted by Crippen LogP contribution is 2.24. The number of aromatic hydroxyl groups is 1. The molecular formula is C14H13FN2O3. The number of anilines is 1. The second-order valence-electron chi connectivity index (χ2n) is 4.38. The van der Waals surface area contributed by atoms with Crippen LogP contribution in [0.1, 0.15) is 11.1 Å². The molecule has 0 saturated heterocycles. The Balaban J connectivity index is 2.17. The lowest BCUT2D eigenvalue weighted by atomic mass is 10.1. The summed E-state index contributed by atoms with van der Waals surface area (Å²) in [6.45, 7) is 1.82. The monoisotopic (exact) mass is 276 g/mol. The number of hydrogen-bond acceptors (Lipinski definition) is 4. The molecule has 0 aliphatic carbocycles. The number of nitrogens with one attached hydrogen (secondary N) is 1. The number of aryl methyl sites for hydroxylation is 1. The average Bonchev–Trinajstić information content (AvgIpc) is 2.41. The van der Waals surface area contributed by atoms with E-state index in [1.54, 1.807) is 19.1 Å². The standard InChI is InChI=1S/C14H13FN2O3/c1-9-2-4-12(7-13(9)17(19)20)16-8-10-6-11(15)3-5-14(10)18/h2-7,16,18H,8H2,1H3. The fraction of sp³-hybridized carbons (Fsp3) is 0.143. The van der Waals surface area contributed by atoms with Gasteiger partial charge in [0, 0.05) is 29.4 Å². The smallest absolute Gasteiger partial charge is 0.274 e. The lowest BCUT2D eigenvalue weighted by Gasteiger charge is -2.09. The molecule has 0 unspecified atom stereocenters. The van der Waals surface area contributed by atoms with Crippen LogP contribution in [0.3, 0.4) is 0 Å². The van der Waals surface area contributed by atoms with Crippen molar-refractivity contribution in [1.82, 2.24) is 0 Å². The minimum Gasteiger partial charge on any atom is -0.508 e. The number of halogens is 1. The Morgan fingerprint density at radius 1 is 1.30 bits per heavy atom. The fourth-order valence-corrected chi connectivity index (χ4v) is 1.81. The summed E-state index contributed by atoms with van der Waals surface area (Å²) >= 11 is 0. The Morgan fingerprint density at radius 2 is 2.05 bits per heavy atom. The molecule has 5 nitrogen and oxygen atoms in total.